The number of aromatic nitrogens is 2. The minimum absolute atomic E-state index is 0.0479. The quantitative estimate of drug-likeness (QED) is 0.863. The number of aryl methyl sites for hydroxylation is 2. The van der Waals surface area contributed by atoms with Crippen LogP contribution >= 0.6 is 31.9 Å². The highest BCUT2D eigenvalue weighted by Crippen LogP contribution is 2.28. The molecular formula is C14H17Br2N3. The fourth-order valence-corrected chi connectivity index (χ4v) is 3.18. The first kappa shape index (κ1) is 14.8. The summed E-state index contributed by atoms with van der Waals surface area (Å²) in [5.74, 6) is 0. The molecule has 102 valence electrons. The lowest BCUT2D eigenvalue weighted by atomic mass is 10.0. The summed E-state index contributed by atoms with van der Waals surface area (Å²) in [5.41, 5.74) is 9.62. The lowest BCUT2D eigenvalue weighted by Gasteiger charge is -2.15. The first-order chi connectivity index (χ1) is 9.04. The van der Waals surface area contributed by atoms with E-state index in [4.69, 9.17) is 5.73 Å². The topological polar surface area (TPSA) is 43.8 Å². The van der Waals surface area contributed by atoms with Gasteiger partial charge in [-0.25, -0.2) is 0 Å². The Morgan fingerprint density at radius 1 is 1.32 bits per heavy atom. The molecule has 0 spiro atoms. The van der Waals surface area contributed by atoms with E-state index in [1.54, 1.807) is 0 Å². The van der Waals surface area contributed by atoms with Gasteiger partial charge in [-0.1, -0.05) is 34.1 Å². The summed E-state index contributed by atoms with van der Waals surface area (Å²) in [5, 5.41) is 4.50. The molecule has 2 rings (SSSR count). The van der Waals surface area contributed by atoms with Gasteiger partial charge in [0.2, 0.25) is 0 Å². The summed E-state index contributed by atoms with van der Waals surface area (Å²) in [7, 11) is 0. The van der Waals surface area contributed by atoms with Crippen LogP contribution in [-0.4, -0.2) is 9.78 Å². The van der Waals surface area contributed by atoms with Crippen LogP contribution in [0.25, 0.3) is 0 Å². The Labute approximate surface area is 130 Å². The minimum Gasteiger partial charge on any atom is -0.324 e. The van der Waals surface area contributed by atoms with Crippen LogP contribution < -0.4 is 5.73 Å². The van der Waals surface area contributed by atoms with Gasteiger partial charge in [0, 0.05) is 23.5 Å². The van der Waals surface area contributed by atoms with Crippen molar-refractivity contribution >= 4 is 31.9 Å². The number of rotatable bonds is 4. The van der Waals surface area contributed by atoms with Crippen LogP contribution in [0.1, 0.15) is 29.9 Å². The average molecular weight is 387 g/mol. The smallest absolute Gasteiger partial charge is 0.0738 e. The van der Waals surface area contributed by atoms with Crippen molar-refractivity contribution in [3.05, 3.63) is 50.2 Å². The van der Waals surface area contributed by atoms with Crippen molar-refractivity contribution in [2.24, 2.45) is 5.73 Å². The second-order valence-corrected chi connectivity index (χ2v) is 6.14. The molecule has 3 nitrogen and oxygen atoms in total. The van der Waals surface area contributed by atoms with Crippen LogP contribution in [0, 0.1) is 6.92 Å². The van der Waals surface area contributed by atoms with Crippen molar-refractivity contribution in [3.63, 3.8) is 0 Å². The zero-order chi connectivity index (χ0) is 14.0. The predicted molar refractivity (Wildman–Crippen MR) is 85.1 cm³/mol. The van der Waals surface area contributed by atoms with Gasteiger partial charge < -0.3 is 5.73 Å². The van der Waals surface area contributed by atoms with Gasteiger partial charge in [-0.3, -0.25) is 4.68 Å². The van der Waals surface area contributed by atoms with Gasteiger partial charge in [-0.2, -0.15) is 5.10 Å². The third-order valence-corrected chi connectivity index (χ3v) is 4.92. The number of benzene rings is 1. The van der Waals surface area contributed by atoms with E-state index in [0.29, 0.717) is 0 Å². The molecule has 0 radical (unpaired) electrons. The Morgan fingerprint density at radius 2 is 2.00 bits per heavy atom. The average Bonchev–Trinajstić information content (AvgIpc) is 2.67. The van der Waals surface area contributed by atoms with Gasteiger partial charge >= 0.3 is 0 Å². The summed E-state index contributed by atoms with van der Waals surface area (Å²) in [6.45, 7) is 4.94. The van der Waals surface area contributed by atoms with Gasteiger partial charge in [-0.05, 0) is 41.4 Å². The molecule has 2 aromatic rings. The molecule has 0 saturated heterocycles. The molecule has 0 aliphatic rings. The van der Waals surface area contributed by atoms with Crippen LogP contribution in [0.3, 0.4) is 0 Å². The largest absolute Gasteiger partial charge is 0.324 e. The third kappa shape index (κ3) is 3.09. The predicted octanol–water partition coefficient (Wildman–Crippen LogP) is 3.98. The van der Waals surface area contributed by atoms with E-state index in [1.165, 1.54) is 0 Å². The maximum atomic E-state index is 6.34. The SMILES string of the molecule is CCn1nc(C)c(Br)c1CC(N)c1ccccc1Br. The van der Waals surface area contributed by atoms with Crippen molar-refractivity contribution in [1.29, 1.82) is 0 Å². The Hall–Kier alpha value is -0.650. The molecule has 0 fully saturated rings. The molecule has 0 bridgehead atoms. The van der Waals surface area contributed by atoms with E-state index in [2.05, 4.69) is 49.9 Å². The number of hydrogen-bond acceptors (Lipinski definition) is 2. The molecule has 19 heavy (non-hydrogen) atoms. The Balaban J connectivity index is 2.29. The highest BCUT2D eigenvalue weighted by atomic mass is 79.9. The summed E-state index contributed by atoms with van der Waals surface area (Å²) in [4.78, 5) is 0. The highest BCUT2D eigenvalue weighted by Gasteiger charge is 2.17. The van der Waals surface area contributed by atoms with Crippen molar-refractivity contribution < 1.29 is 0 Å². The summed E-state index contributed by atoms with van der Waals surface area (Å²) in [6, 6.07) is 8.04. The van der Waals surface area contributed by atoms with Crippen LogP contribution in [-0.2, 0) is 13.0 Å². The highest BCUT2D eigenvalue weighted by molar-refractivity contribution is 9.10. The Bertz CT molecular complexity index is 578. The number of hydrogen-bond donors (Lipinski definition) is 1. The third-order valence-electron chi connectivity index (χ3n) is 3.17. The fourth-order valence-electron chi connectivity index (χ4n) is 2.16. The molecule has 1 atom stereocenters. The summed E-state index contributed by atoms with van der Waals surface area (Å²) >= 11 is 7.17. The molecule has 0 aliphatic carbocycles. The van der Waals surface area contributed by atoms with E-state index in [1.807, 2.05) is 29.8 Å². The monoisotopic (exact) mass is 385 g/mol. The van der Waals surface area contributed by atoms with Crippen molar-refractivity contribution in [1.82, 2.24) is 9.78 Å². The minimum atomic E-state index is -0.0479. The van der Waals surface area contributed by atoms with Crippen molar-refractivity contribution in [2.75, 3.05) is 0 Å². The molecule has 1 unspecified atom stereocenters. The molecule has 2 N–H and O–H groups in total. The molecule has 1 heterocycles. The first-order valence-electron chi connectivity index (χ1n) is 6.26. The second-order valence-electron chi connectivity index (χ2n) is 4.49. The zero-order valence-corrected chi connectivity index (χ0v) is 14.2. The standard InChI is InChI=1S/C14H17Br2N3/c1-3-19-13(14(16)9(2)18-19)8-12(17)10-6-4-5-7-11(10)15/h4-7,12H,3,8,17H2,1-2H3. The van der Waals surface area contributed by atoms with Crippen LogP contribution in [0.5, 0.6) is 0 Å². The van der Waals surface area contributed by atoms with Crippen molar-refractivity contribution in [2.45, 2.75) is 32.9 Å². The van der Waals surface area contributed by atoms with E-state index < -0.39 is 0 Å². The Morgan fingerprint density at radius 3 is 2.63 bits per heavy atom. The maximum absolute atomic E-state index is 6.34. The maximum Gasteiger partial charge on any atom is 0.0738 e. The van der Waals surface area contributed by atoms with Gasteiger partial charge in [0.05, 0.1) is 15.9 Å². The Kier molecular flexibility index (Phi) is 4.81. The van der Waals surface area contributed by atoms with Gasteiger partial charge in [0.1, 0.15) is 0 Å². The molecule has 1 aromatic carbocycles. The number of nitrogens with two attached hydrogens (primary N) is 1. The van der Waals surface area contributed by atoms with Crippen LogP contribution in [0.2, 0.25) is 0 Å². The molecule has 5 heteroatoms. The molecule has 0 aliphatic heterocycles. The molecule has 0 saturated carbocycles. The van der Waals surface area contributed by atoms with Gasteiger partial charge in [0.15, 0.2) is 0 Å². The second kappa shape index (κ2) is 6.20. The number of halogens is 2. The van der Waals surface area contributed by atoms with Crippen LogP contribution in [0.4, 0.5) is 0 Å². The molecule has 0 amide bonds. The van der Waals surface area contributed by atoms with E-state index in [-0.39, 0.29) is 6.04 Å². The lowest BCUT2D eigenvalue weighted by molar-refractivity contribution is 0.585. The van der Waals surface area contributed by atoms with E-state index >= 15 is 0 Å². The zero-order valence-electron chi connectivity index (χ0n) is 11.0. The van der Waals surface area contributed by atoms with E-state index in [0.717, 1.165) is 38.9 Å². The summed E-state index contributed by atoms with van der Waals surface area (Å²) in [6.07, 6.45) is 0.762. The fraction of sp³-hybridized carbons (Fsp3) is 0.357. The lowest BCUT2D eigenvalue weighted by Crippen LogP contribution is -2.17. The van der Waals surface area contributed by atoms with Crippen molar-refractivity contribution in [3.8, 4) is 0 Å². The van der Waals surface area contributed by atoms with E-state index in [9.17, 15) is 0 Å². The number of nitrogens with zero attached hydrogens (tertiary/aromatic N) is 2. The van der Waals surface area contributed by atoms with Crippen LogP contribution in [0.15, 0.2) is 33.2 Å². The first-order valence-corrected chi connectivity index (χ1v) is 7.85. The van der Waals surface area contributed by atoms with Gasteiger partial charge in [-0.15, -0.1) is 0 Å². The summed E-state index contributed by atoms with van der Waals surface area (Å²) < 4.78 is 4.13. The normalized spacial score (nSPS) is 12.7. The van der Waals surface area contributed by atoms with Gasteiger partial charge in [0.25, 0.3) is 0 Å². The molecule has 1 aromatic heterocycles. The molecular weight excluding hydrogens is 370 g/mol.